The highest BCUT2D eigenvalue weighted by Gasteiger charge is 2.45. The molecule has 0 saturated heterocycles. The number of hydrogen-bond donors (Lipinski definition) is 0. The van der Waals surface area contributed by atoms with Gasteiger partial charge < -0.3 is 0 Å². The van der Waals surface area contributed by atoms with Gasteiger partial charge in [-0.1, -0.05) is 29.5 Å². The molecule has 33 heavy (non-hydrogen) atoms. The van der Waals surface area contributed by atoms with E-state index in [-0.39, 0.29) is 16.4 Å². The summed E-state index contributed by atoms with van der Waals surface area (Å²) in [5.74, 6) is -0.913. The maximum absolute atomic E-state index is 15.6. The first-order valence-electron chi connectivity index (χ1n) is 9.60. The van der Waals surface area contributed by atoms with Gasteiger partial charge >= 0.3 is 0 Å². The molecule has 2 heterocycles. The molecular formula is C23H14ClF4N5. The van der Waals surface area contributed by atoms with Crippen molar-refractivity contribution in [3.05, 3.63) is 106 Å². The van der Waals surface area contributed by atoms with Crippen LogP contribution < -0.4 is 0 Å². The highest BCUT2D eigenvalue weighted by Crippen LogP contribution is 2.43. The van der Waals surface area contributed by atoms with Crippen LogP contribution in [0.15, 0.2) is 67.1 Å². The summed E-state index contributed by atoms with van der Waals surface area (Å²) in [6, 6.07) is 11.6. The minimum Gasteiger partial charge on any atom is -0.254 e. The predicted octanol–water partition coefficient (Wildman–Crippen LogP) is 4.98. The topological polar surface area (TPSA) is 56.5 Å². The van der Waals surface area contributed by atoms with Crippen LogP contribution in [0.4, 0.5) is 17.6 Å². The molecule has 10 heteroatoms. The smallest absolute Gasteiger partial charge is 0.254 e. The summed E-state index contributed by atoms with van der Waals surface area (Å²) in [4.78, 5) is 3.88. The van der Waals surface area contributed by atoms with Crippen LogP contribution in [0.5, 0.6) is 0 Å². The highest BCUT2D eigenvalue weighted by atomic mass is 35.5. The molecule has 0 fully saturated rings. The van der Waals surface area contributed by atoms with Gasteiger partial charge in [0.25, 0.3) is 5.92 Å². The van der Waals surface area contributed by atoms with Gasteiger partial charge in [-0.3, -0.25) is 4.98 Å². The second-order valence-corrected chi connectivity index (χ2v) is 7.50. The van der Waals surface area contributed by atoms with Gasteiger partial charge in [0, 0.05) is 22.3 Å². The lowest BCUT2D eigenvalue weighted by Gasteiger charge is -2.27. The molecule has 0 aliphatic heterocycles. The number of nitrogens with zero attached hydrogens (tertiary/aromatic N) is 5. The van der Waals surface area contributed by atoms with Crippen LogP contribution in [0, 0.1) is 23.5 Å². The summed E-state index contributed by atoms with van der Waals surface area (Å²) >= 11 is 5.79. The Bertz CT molecular complexity index is 1300. The van der Waals surface area contributed by atoms with Gasteiger partial charge in [-0.2, -0.15) is 8.78 Å². The largest absolute Gasteiger partial charge is 0.298 e. The number of aromatic nitrogens is 5. The second-order valence-electron chi connectivity index (χ2n) is 7.06. The Hall–Kier alpha value is -3.77. The third kappa shape index (κ3) is 5.18. The molecule has 0 saturated carbocycles. The Labute approximate surface area is 191 Å². The van der Waals surface area contributed by atoms with E-state index in [1.54, 1.807) is 0 Å². The maximum atomic E-state index is 15.6. The van der Waals surface area contributed by atoms with Crippen molar-refractivity contribution in [2.24, 2.45) is 0 Å². The average molecular weight is 472 g/mol. The molecule has 4 rings (SSSR count). The van der Waals surface area contributed by atoms with Gasteiger partial charge in [0.15, 0.2) is 0 Å². The van der Waals surface area contributed by atoms with Gasteiger partial charge in [-0.25, -0.2) is 13.5 Å². The van der Waals surface area contributed by atoms with Crippen molar-refractivity contribution in [1.82, 2.24) is 25.2 Å². The first-order valence-corrected chi connectivity index (χ1v) is 9.98. The monoisotopic (exact) mass is 471 g/mol. The lowest BCUT2D eigenvalue weighted by Crippen LogP contribution is -2.30. The first-order chi connectivity index (χ1) is 15.8. The number of benzene rings is 2. The van der Waals surface area contributed by atoms with Crippen molar-refractivity contribution in [3.63, 3.8) is 0 Å². The van der Waals surface area contributed by atoms with Crippen LogP contribution in [0.1, 0.15) is 28.3 Å². The lowest BCUT2D eigenvalue weighted by atomic mass is 9.89. The van der Waals surface area contributed by atoms with E-state index in [9.17, 15) is 8.78 Å². The molecule has 4 aromatic rings. The molecule has 0 aliphatic carbocycles. The summed E-state index contributed by atoms with van der Waals surface area (Å²) < 4.78 is 59.8. The normalized spacial score (nSPS) is 12.2. The molecule has 1 unspecified atom stereocenters. The molecular weight excluding hydrogens is 458 g/mol. The predicted molar refractivity (Wildman–Crippen MR) is 112 cm³/mol. The van der Waals surface area contributed by atoms with E-state index in [4.69, 9.17) is 11.6 Å². The Balaban J connectivity index is 1.65. The van der Waals surface area contributed by atoms with Gasteiger partial charge in [-0.05, 0) is 64.5 Å². The van der Waals surface area contributed by atoms with E-state index in [0.29, 0.717) is 11.1 Å². The Morgan fingerprint density at radius 2 is 1.70 bits per heavy atom. The Morgan fingerprint density at radius 1 is 0.970 bits per heavy atom. The lowest BCUT2D eigenvalue weighted by molar-refractivity contribution is -0.0455. The minimum absolute atomic E-state index is 0.0861. The fraction of sp³-hybridized carbons (Fsp3) is 0.130. The molecule has 2 aromatic heterocycles. The molecule has 166 valence electrons. The van der Waals surface area contributed by atoms with Gasteiger partial charge in [-0.15, -0.1) is 5.10 Å². The van der Waals surface area contributed by atoms with Crippen LogP contribution in [0.2, 0.25) is 5.02 Å². The first kappa shape index (κ1) is 22.4. The van der Waals surface area contributed by atoms with E-state index in [1.807, 2.05) is 0 Å². The van der Waals surface area contributed by atoms with E-state index in [1.165, 1.54) is 55.0 Å². The molecule has 0 bridgehead atoms. The standard InChI is InChI=1S/C23H14ClF4N5/c24-17-6-9-19(21(26)11-17)20(13-33-14-30-31-32-33)23(27,28)22-10-5-16(12-29-22)2-1-15-3-7-18(25)8-4-15/h3-12,14,20H,13H2. The molecule has 5 nitrogen and oxygen atoms in total. The zero-order chi connectivity index (χ0) is 23.4. The van der Waals surface area contributed by atoms with Crippen molar-refractivity contribution in [3.8, 4) is 11.8 Å². The molecule has 1 atom stereocenters. The molecule has 0 radical (unpaired) electrons. The number of alkyl halides is 2. The zero-order valence-corrected chi connectivity index (χ0v) is 17.5. The molecule has 0 spiro atoms. The number of tetrazole rings is 1. The maximum Gasteiger partial charge on any atom is 0.298 e. The van der Waals surface area contributed by atoms with Crippen LogP contribution in [0.3, 0.4) is 0 Å². The Kier molecular flexibility index (Phi) is 6.38. The number of hydrogen-bond acceptors (Lipinski definition) is 4. The van der Waals surface area contributed by atoms with Gasteiger partial charge in [0.2, 0.25) is 0 Å². The molecule has 0 aliphatic rings. The van der Waals surface area contributed by atoms with Crippen LogP contribution in [-0.4, -0.2) is 25.2 Å². The summed E-state index contributed by atoms with van der Waals surface area (Å²) in [5.41, 5.74) is 0.128. The van der Waals surface area contributed by atoms with Crippen molar-refractivity contribution in [2.75, 3.05) is 0 Å². The summed E-state index contributed by atoms with van der Waals surface area (Å²) in [6.45, 7) is -0.396. The fourth-order valence-electron chi connectivity index (χ4n) is 3.16. The summed E-state index contributed by atoms with van der Waals surface area (Å²) in [6.07, 6.45) is 2.37. The average Bonchev–Trinajstić information content (AvgIpc) is 3.31. The van der Waals surface area contributed by atoms with E-state index < -0.39 is 29.9 Å². The zero-order valence-electron chi connectivity index (χ0n) is 16.8. The summed E-state index contributed by atoms with van der Waals surface area (Å²) in [7, 11) is 0. The van der Waals surface area contributed by atoms with Crippen LogP contribution in [-0.2, 0) is 12.5 Å². The number of pyridine rings is 1. The second kappa shape index (κ2) is 9.38. The Morgan fingerprint density at radius 3 is 2.33 bits per heavy atom. The highest BCUT2D eigenvalue weighted by molar-refractivity contribution is 6.30. The molecule has 0 amide bonds. The number of halogens is 5. The third-order valence-electron chi connectivity index (χ3n) is 4.84. The van der Waals surface area contributed by atoms with E-state index in [2.05, 4.69) is 32.4 Å². The third-order valence-corrected chi connectivity index (χ3v) is 5.07. The molecule has 0 N–H and O–H groups in total. The number of rotatable bonds is 5. The van der Waals surface area contributed by atoms with Crippen molar-refractivity contribution in [1.29, 1.82) is 0 Å². The summed E-state index contributed by atoms with van der Waals surface area (Å²) in [5, 5.41) is 10.6. The van der Waals surface area contributed by atoms with E-state index >= 15 is 8.78 Å². The van der Waals surface area contributed by atoms with Crippen LogP contribution in [0.25, 0.3) is 0 Å². The fourth-order valence-corrected chi connectivity index (χ4v) is 3.32. The van der Waals surface area contributed by atoms with Crippen molar-refractivity contribution >= 4 is 11.6 Å². The van der Waals surface area contributed by atoms with E-state index in [0.717, 1.165) is 16.8 Å². The molecule has 2 aromatic carbocycles. The van der Waals surface area contributed by atoms with Crippen LogP contribution >= 0.6 is 11.6 Å². The SMILES string of the molecule is Fc1ccc(C#Cc2ccc(C(F)(F)C(Cn3cnnn3)c3ccc(Cl)cc3F)nc2)cc1. The van der Waals surface area contributed by atoms with Crippen molar-refractivity contribution in [2.45, 2.75) is 18.4 Å². The quantitative estimate of drug-likeness (QED) is 0.304. The minimum atomic E-state index is -3.58. The van der Waals surface area contributed by atoms with Crippen molar-refractivity contribution < 1.29 is 17.6 Å². The van der Waals surface area contributed by atoms with Gasteiger partial charge in [0.1, 0.15) is 23.7 Å². The van der Waals surface area contributed by atoms with Gasteiger partial charge in [0.05, 0.1) is 12.5 Å².